The number of unbranched alkanes of at least 4 members (excludes halogenated alkanes) is 1. The minimum Gasteiger partial charge on any atom is -0.466 e. The van der Waals surface area contributed by atoms with Crippen LogP contribution in [0, 0.1) is 5.41 Å². The third-order valence-electron chi connectivity index (χ3n) is 3.31. The Kier molecular flexibility index (Phi) is 5.44. The van der Waals surface area contributed by atoms with Crippen molar-refractivity contribution in [3.63, 3.8) is 0 Å². The lowest BCUT2D eigenvalue weighted by molar-refractivity contribution is -0.155. The molecule has 88 valence electrons. The van der Waals surface area contributed by atoms with Crippen molar-refractivity contribution in [2.75, 3.05) is 12.5 Å². The van der Waals surface area contributed by atoms with Crippen LogP contribution >= 0.6 is 11.6 Å². The van der Waals surface area contributed by atoms with E-state index in [4.69, 9.17) is 16.3 Å². The zero-order valence-electron chi connectivity index (χ0n) is 9.56. The standard InChI is InChI=1S/C12H21ClO2/c1-2-15-11(14)12(7-3-4-8-12)9-5-6-10-13/h2-10H2,1H3. The van der Waals surface area contributed by atoms with Crippen molar-refractivity contribution in [1.82, 2.24) is 0 Å². The summed E-state index contributed by atoms with van der Waals surface area (Å²) in [7, 11) is 0. The van der Waals surface area contributed by atoms with E-state index in [1.165, 1.54) is 12.8 Å². The van der Waals surface area contributed by atoms with Crippen LogP contribution < -0.4 is 0 Å². The van der Waals surface area contributed by atoms with E-state index < -0.39 is 0 Å². The van der Waals surface area contributed by atoms with Crippen molar-refractivity contribution in [2.24, 2.45) is 5.41 Å². The zero-order chi connectivity index (χ0) is 11.1. The van der Waals surface area contributed by atoms with Gasteiger partial charge in [-0.05, 0) is 32.6 Å². The smallest absolute Gasteiger partial charge is 0.312 e. The highest BCUT2D eigenvalue weighted by atomic mass is 35.5. The Morgan fingerprint density at radius 3 is 2.53 bits per heavy atom. The maximum atomic E-state index is 11.9. The van der Waals surface area contributed by atoms with Gasteiger partial charge in [-0.3, -0.25) is 4.79 Å². The predicted molar refractivity (Wildman–Crippen MR) is 62.1 cm³/mol. The maximum absolute atomic E-state index is 11.9. The molecule has 2 nitrogen and oxygen atoms in total. The molecular formula is C12H21ClO2. The van der Waals surface area contributed by atoms with E-state index in [2.05, 4.69) is 0 Å². The van der Waals surface area contributed by atoms with Crippen molar-refractivity contribution in [2.45, 2.75) is 51.9 Å². The Balaban J connectivity index is 2.49. The molecule has 0 saturated heterocycles. The Labute approximate surface area is 97.3 Å². The molecule has 1 rings (SSSR count). The van der Waals surface area contributed by atoms with Crippen molar-refractivity contribution in [1.29, 1.82) is 0 Å². The lowest BCUT2D eigenvalue weighted by Gasteiger charge is -2.26. The predicted octanol–water partition coefficient (Wildman–Crippen LogP) is 3.52. The van der Waals surface area contributed by atoms with Gasteiger partial charge in [0, 0.05) is 5.88 Å². The molecule has 0 radical (unpaired) electrons. The number of esters is 1. The summed E-state index contributed by atoms with van der Waals surface area (Å²) in [5.74, 6) is 0.718. The van der Waals surface area contributed by atoms with E-state index in [-0.39, 0.29) is 11.4 Å². The molecule has 1 aliphatic carbocycles. The number of ether oxygens (including phenoxy) is 1. The first-order valence-electron chi connectivity index (χ1n) is 5.98. The summed E-state index contributed by atoms with van der Waals surface area (Å²) in [5.41, 5.74) is -0.165. The number of rotatable bonds is 6. The molecule has 0 aromatic rings. The lowest BCUT2D eigenvalue weighted by Crippen LogP contribution is -2.30. The third kappa shape index (κ3) is 3.37. The lowest BCUT2D eigenvalue weighted by atomic mass is 9.81. The minimum atomic E-state index is -0.165. The molecule has 0 atom stereocenters. The Hall–Kier alpha value is -0.240. The van der Waals surface area contributed by atoms with Gasteiger partial charge in [0.15, 0.2) is 0 Å². The topological polar surface area (TPSA) is 26.3 Å². The fraction of sp³-hybridized carbons (Fsp3) is 0.917. The molecule has 3 heteroatoms. The van der Waals surface area contributed by atoms with Crippen LogP contribution in [0.25, 0.3) is 0 Å². The molecular weight excluding hydrogens is 212 g/mol. The van der Waals surface area contributed by atoms with Gasteiger partial charge in [-0.25, -0.2) is 0 Å². The van der Waals surface area contributed by atoms with Gasteiger partial charge in [-0.2, -0.15) is 0 Å². The maximum Gasteiger partial charge on any atom is 0.312 e. The van der Waals surface area contributed by atoms with Crippen LogP contribution in [0.4, 0.5) is 0 Å². The van der Waals surface area contributed by atoms with Gasteiger partial charge < -0.3 is 4.74 Å². The number of hydrogen-bond acceptors (Lipinski definition) is 2. The van der Waals surface area contributed by atoms with Crippen molar-refractivity contribution >= 4 is 17.6 Å². The van der Waals surface area contributed by atoms with Gasteiger partial charge in [-0.15, -0.1) is 11.6 Å². The molecule has 0 bridgehead atoms. The summed E-state index contributed by atoms with van der Waals surface area (Å²) in [5, 5.41) is 0. The molecule has 0 heterocycles. The van der Waals surface area contributed by atoms with Gasteiger partial charge in [-0.1, -0.05) is 19.3 Å². The Morgan fingerprint density at radius 1 is 1.33 bits per heavy atom. The summed E-state index contributed by atoms with van der Waals surface area (Å²) >= 11 is 5.66. The first-order chi connectivity index (χ1) is 7.25. The van der Waals surface area contributed by atoms with Gasteiger partial charge >= 0.3 is 5.97 Å². The summed E-state index contributed by atoms with van der Waals surface area (Å²) in [6.07, 6.45) is 7.35. The highest BCUT2D eigenvalue weighted by molar-refractivity contribution is 6.17. The molecule has 0 amide bonds. The normalized spacial score (nSPS) is 19.1. The average molecular weight is 233 g/mol. The molecule has 15 heavy (non-hydrogen) atoms. The monoisotopic (exact) mass is 232 g/mol. The van der Waals surface area contributed by atoms with Crippen LogP contribution in [0.15, 0.2) is 0 Å². The molecule has 1 aliphatic rings. The largest absolute Gasteiger partial charge is 0.466 e. The number of carbonyl (C=O) groups is 1. The van der Waals surface area contributed by atoms with Gasteiger partial charge in [0.05, 0.1) is 12.0 Å². The van der Waals surface area contributed by atoms with E-state index in [9.17, 15) is 4.79 Å². The Bertz CT molecular complexity index is 198. The van der Waals surface area contributed by atoms with Crippen molar-refractivity contribution in [3.8, 4) is 0 Å². The van der Waals surface area contributed by atoms with E-state index >= 15 is 0 Å². The van der Waals surface area contributed by atoms with Crippen molar-refractivity contribution in [3.05, 3.63) is 0 Å². The molecule has 1 fully saturated rings. The molecule has 0 unspecified atom stereocenters. The highest BCUT2D eigenvalue weighted by Crippen LogP contribution is 2.43. The minimum absolute atomic E-state index is 0.0251. The quantitative estimate of drug-likeness (QED) is 0.398. The fourth-order valence-corrected chi connectivity index (χ4v) is 2.64. The second-order valence-electron chi connectivity index (χ2n) is 4.35. The number of halogens is 1. The molecule has 0 aliphatic heterocycles. The average Bonchev–Trinajstić information content (AvgIpc) is 2.69. The summed E-state index contributed by atoms with van der Waals surface area (Å²) in [6, 6.07) is 0. The molecule has 0 spiro atoms. The number of alkyl halides is 1. The second-order valence-corrected chi connectivity index (χ2v) is 4.73. The van der Waals surface area contributed by atoms with Crippen LogP contribution in [-0.4, -0.2) is 18.5 Å². The number of carbonyl (C=O) groups excluding carboxylic acids is 1. The van der Waals surface area contributed by atoms with Crippen LogP contribution in [0.1, 0.15) is 51.9 Å². The molecule has 1 saturated carbocycles. The fourth-order valence-electron chi connectivity index (χ4n) is 2.45. The van der Waals surface area contributed by atoms with Gasteiger partial charge in [0.25, 0.3) is 0 Å². The van der Waals surface area contributed by atoms with Crippen LogP contribution in [0.3, 0.4) is 0 Å². The van der Waals surface area contributed by atoms with E-state index in [0.29, 0.717) is 12.5 Å². The summed E-state index contributed by atoms with van der Waals surface area (Å²) < 4.78 is 5.19. The molecule has 0 aromatic carbocycles. The van der Waals surface area contributed by atoms with E-state index in [1.54, 1.807) is 0 Å². The second kappa shape index (κ2) is 6.37. The van der Waals surface area contributed by atoms with E-state index in [1.807, 2.05) is 6.92 Å². The molecule has 0 aromatic heterocycles. The SMILES string of the molecule is CCOC(=O)C1(CCCCCl)CCCC1. The van der Waals surface area contributed by atoms with Crippen LogP contribution in [-0.2, 0) is 9.53 Å². The summed E-state index contributed by atoms with van der Waals surface area (Å²) in [6.45, 7) is 2.37. The third-order valence-corrected chi connectivity index (χ3v) is 3.58. The van der Waals surface area contributed by atoms with Crippen molar-refractivity contribution < 1.29 is 9.53 Å². The first kappa shape index (κ1) is 12.8. The Morgan fingerprint density at radius 2 is 2.00 bits per heavy atom. The van der Waals surface area contributed by atoms with E-state index in [0.717, 1.165) is 32.1 Å². The highest BCUT2D eigenvalue weighted by Gasteiger charge is 2.41. The number of hydrogen-bond donors (Lipinski definition) is 0. The van der Waals surface area contributed by atoms with Crippen LogP contribution in [0.2, 0.25) is 0 Å². The van der Waals surface area contributed by atoms with Crippen LogP contribution in [0.5, 0.6) is 0 Å². The zero-order valence-corrected chi connectivity index (χ0v) is 10.3. The molecule has 0 N–H and O–H groups in total. The van der Waals surface area contributed by atoms with Gasteiger partial charge in [0.1, 0.15) is 0 Å². The summed E-state index contributed by atoms with van der Waals surface area (Å²) in [4.78, 5) is 11.9. The first-order valence-corrected chi connectivity index (χ1v) is 6.52. The van der Waals surface area contributed by atoms with Gasteiger partial charge in [0.2, 0.25) is 0 Å².